The maximum atomic E-state index is 11.8. The maximum Gasteiger partial charge on any atom is 0.333 e. The molecule has 2 bridgehead atoms. The number of ketones is 1. The van der Waals surface area contributed by atoms with Crippen LogP contribution in [-0.4, -0.2) is 42.8 Å². The summed E-state index contributed by atoms with van der Waals surface area (Å²) in [7, 11) is 0. The van der Waals surface area contributed by atoms with Gasteiger partial charge < -0.3 is 14.2 Å². The van der Waals surface area contributed by atoms with Gasteiger partial charge >= 0.3 is 5.97 Å². The van der Waals surface area contributed by atoms with Gasteiger partial charge in [0.05, 0.1) is 12.5 Å². The standard InChI is InChI=1S/C11H12O5/c1-4(2)11(13)16-10-8-6(12)5-3-14-9(10)7(5)15-8/h5,7-10H,1,3H2,2H3. The van der Waals surface area contributed by atoms with Crippen molar-refractivity contribution < 1.29 is 23.8 Å². The van der Waals surface area contributed by atoms with Crippen molar-refractivity contribution in [3.05, 3.63) is 12.2 Å². The molecule has 0 spiro atoms. The number of fused-ring (bicyclic) bond motifs is 1. The van der Waals surface area contributed by atoms with Crippen molar-refractivity contribution in [3.63, 3.8) is 0 Å². The van der Waals surface area contributed by atoms with Crippen molar-refractivity contribution in [3.8, 4) is 0 Å². The van der Waals surface area contributed by atoms with Gasteiger partial charge in [-0.1, -0.05) is 6.58 Å². The molecule has 5 unspecified atom stereocenters. The fourth-order valence-electron chi connectivity index (χ4n) is 2.54. The van der Waals surface area contributed by atoms with E-state index in [0.717, 1.165) is 0 Å². The van der Waals surface area contributed by atoms with E-state index >= 15 is 0 Å². The van der Waals surface area contributed by atoms with Crippen molar-refractivity contribution in [2.45, 2.75) is 31.3 Å². The minimum Gasteiger partial charge on any atom is -0.453 e. The first kappa shape index (κ1) is 9.99. The predicted molar refractivity (Wildman–Crippen MR) is 51.6 cm³/mol. The summed E-state index contributed by atoms with van der Waals surface area (Å²) in [4.78, 5) is 23.2. The van der Waals surface area contributed by atoms with Gasteiger partial charge in [0.1, 0.15) is 12.2 Å². The molecular weight excluding hydrogens is 212 g/mol. The molecule has 0 aromatic rings. The van der Waals surface area contributed by atoms with Gasteiger partial charge in [0, 0.05) is 5.57 Å². The lowest BCUT2D eigenvalue weighted by molar-refractivity contribution is -0.152. The molecule has 5 heteroatoms. The van der Waals surface area contributed by atoms with Crippen molar-refractivity contribution in [2.24, 2.45) is 5.92 Å². The summed E-state index contributed by atoms with van der Waals surface area (Å²) in [6.45, 7) is 5.45. The zero-order valence-electron chi connectivity index (χ0n) is 8.84. The number of rotatable bonds is 2. The third-order valence-electron chi connectivity index (χ3n) is 3.35. The molecule has 0 N–H and O–H groups in total. The summed E-state index contributed by atoms with van der Waals surface area (Å²) in [6.07, 6.45) is -1.73. The fourth-order valence-corrected chi connectivity index (χ4v) is 2.54. The van der Waals surface area contributed by atoms with Gasteiger partial charge in [-0.15, -0.1) is 0 Å². The van der Waals surface area contributed by atoms with Gasteiger partial charge in [0.25, 0.3) is 0 Å². The van der Waals surface area contributed by atoms with Crippen LogP contribution in [0.3, 0.4) is 0 Å². The van der Waals surface area contributed by atoms with E-state index in [1.165, 1.54) is 0 Å². The molecule has 3 saturated heterocycles. The Hall–Kier alpha value is -1.20. The number of ether oxygens (including phenoxy) is 3. The lowest BCUT2D eigenvalue weighted by Crippen LogP contribution is -2.45. The minimum atomic E-state index is -0.634. The Morgan fingerprint density at radius 2 is 2.25 bits per heavy atom. The van der Waals surface area contributed by atoms with Gasteiger partial charge in [-0.3, -0.25) is 4.79 Å². The Bertz CT molecular complexity index is 388. The molecule has 86 valence electrons. The Kier molecular flexibility index (Phi) is 1.96. The van der Waals surface area contributed by atoms with E-state index in [-0.39, 0.29) is 23.9 Å². The summed E-state index contributed by atoms with van der Waals surface area (Å²) >= 11 is 0. The van der Waals surface area contributed by atoms with Crippen LogP contribution < -0.4 is 0 Å². The van der Waals surface area contributed by atoms with Gasteiger partial charge in [-0.05, 0) is 6.92 Å². The van der Waals surface area contributed by atoms with Crippen molar-refractivity contribution in [1.82, 2.24) is 0 Å². The molecular formula is C11H12O5. The van der Waals surface area contributed by atoms with Crippen LogP contribution in [0, 0.1) is 5.92 Å². The van der Waals surface area contributed by atoms with Gasteiger partial charge in [-0.25, -0.2) is 4.79 Å². The second kappa shape index (κ2) is 3.15. The Labute approximate surface area is 92.3 Å². The number of hydrogen-bond acceptors (Lipinski definition) is 5. The fraction of sp³-hybridized carbons (Fsp3) is 0.636. The molecule has 3 aliphatic rings. The lowest BCUT2D eigenvalue weighted by atomic mass is 9.87. The molecule has 0 aliphatic carbocycles. The number of esters is 1. The highest BCUT2D eigenvalue weighted by Gasteiger charge is 2.65. The highest BCUT2D eigenvalue weighted by Crippen LogP contribution is 2.44. The topological polar surface area (TPSA) is 61.8 Å². The molecule has 3 fully saturated rings. The quantitative estimate of drug-likeness (QED) is 0.481. The molecule has 0 aromatic heterocycles. The van der Waals surface area contributed by atoms with E-state index < -0.39 is 18.2 Å². The largest absolute Gasteiger partial charge is 0.453 e. The molecule has 0 saturated carbocycles. The first-order valence-corrected chi connectivity index (χ1v) is 5.27. The summed E-state index contributed by atoms with van der Waals surface area (Å²) in [6, 6.07) is 0. The lowest BCUT2D eigenvalue weighted by Gasteiger charge is -2.22. The summed E-state index contributed by atoms with van der Waals surface area (Å²) < 4.78 is 16.1. The second-order valence-corrected chi connectivity index (χ2v) is 4.48. The van der Waals surface area contributed by atoms with Crippen LogP contribution in [0.5, 0.6) is 0 Å². The van der Waals surface area contributed by atoms with E-state index in [0.29, 0.717) is 12.2 Å². The molecule has 0 radical (unpaired) electrons. The van der Waals surface area contributed by atoms with E-state index in [4.69, 9.17) is 14.2 Å². The van der Waals surface area contributed by atoms with E-state index in [9.17, 15) is 9.59 Å². The summed E-state index contributed by atoms with van der Waals surface area (Å²) in [5.41, 5.74) is 0.310. The van der Waals surface area contributed by atoms with Crippen LogP contribution in [-0.2, 0) is 23.8 Å². The Morgan fingerprint density at radius 1 is 1.50 bits per heavy atom. The zero-order chi connectivity index (χ0) is 11.4. The second-order valence-electron chi connectivity index (χ2n) is 4.48. The molecule has 5 nitrogen and oxygen atoms in total. The molecule has 0 amide bonds. The minimum absolute atomic E-state index is 0.00161. The van der Waals surface area contributed by atoms with Crippen molar-refractivity contribution in [1.29, 1.82) is 0 Å². The monoisotopic (exact) mass is 224 g/mol. The van der Waals surface area contributed by atoms with Crippen molar-refractivity contribution in [2.75, 3.05) is 6.61 Å². The highest BCUT2D eigenvalue weighted by molar-refractivity contribution is 5.92. The van der Waals surface area contributed by atoms with Gasteiger partial charge in [0.15, 0.2) is 18.0 Å². The molecule has 0 aromatic carbocycles. The molecule has 5 atom stereocenters. The Balaban J connectivity index is 1.80. The predicted octanol–water partition coefficient (Wildman–Crippen LogP) is -0.161. The summed E-state index contributed by atoms with van der Waals surface area (Å²) in [5, 5.41) is 0. The Morgan fingerprint density at radius 3 is 2.94 bits per heavy atom. The third kappa shape index (κ3) is 1.13. The van der Waals surface area contributed by atoms with Crippen LogP contribution in [0.4, 0.5) is 0 Å². The summed E-state index contributed by atoms with van der Waals surface area (Å²) in [5.74, 6) is -0.658. The molecule has 3 aliphatic heterocycles. The van der Waals surface area contributed by atoms with Crippen LogP contribution >= 0.6 is 0 Å². The molecule has 3 heterocycles. The van der Waals surface area contributed by atoms with E-state index in [1.54, 1.807) is 6.92 Å². The maximum absolute atomic E-state index is 11.8. The molecule has 3 rings (SSSR count). The highest BCUT2D eigenvalue weighted by atomic mass is 16.6. The normalized spacial score (nSPS) is 43.8. The number of hydrogen-bond donors (Lipinski definition) is 0. The van der Waals surface area contributed by atoms with Crippen molar-refractivity contribution >= 4 is 11.8 Å². The van der Waals surface area contributed by atoms with E-state index in [2.05, 4.69) is 6.58 Å². The number of Topliss-reactive ketones (excluding diaryl/α,β-unsaturated/α-hetero) is 1. The van der Waals surface area contributed by atoms with Crippen LogP contribution in [0.25, 0.3) is 0 Å². The van der Waals surface area contributed by atoms with Crippen LogP contribution in [0.15, 0.2) is 12.2 Å². The van der Waals surface area contributed by atoms with Crippen LogP contribution in [0.2, 0.25) is 0 Å². The third-order valence-corrected chi connectivity index (χ3v) is 3.35. The van der Waals surface area contributed by atoms with Gasteiger partial charge in [0.2, 0.25) is 0 Å². The zero-order valence-corrected chi connectivity index (χ0v) is 8.84. The van der Waals surface area contributed by atoms with Gasteiger partial charge in [-0.2, -0.15) is 0 Å². The molecule has 16 heavy (non-hydrogen) atoms. The average Bonchev–Trinajstić information content (AvgIpc) is 2.81. The van der Waals surface area contributed by atoms with E-state index in [1.807, 2.05) is 0 Å². The number of carbonyl (C=O) groups excluding carboxylic acids is 2. The number of carbonyl (C=O) groups is 2. The first-order valence-electron chi connectivity index (χ1n) is 5.27. The first-order chi connectivity index (χ1) is 7.59. The SMILES string of the molecule is C=C(C)C(=O)OC1C2OC3C(COC31)C2=O. The smallest absolute Gasteiger partial charge is 0.333 e. The van der Waals surface area contributed by atoms with Crippen LogP contribution in [0.1, 0.15) is 6.92 Å². The average molecular weight is 224 g/mol.